The predicted octanol–water partition coefficient (Wildman–Crippen LogP) is 0.773. The normalized spacial score (nSPS) is 10.1. The van der Waals surface area contributed by atoms with E-state index in [9.17, 15) is 4.79 Å². The van der Waals surface area contributed by atoms with Crippen LogP contribution in [0.1, 0.15) is 13.3 Å². The van der Waals surface area contributed by atoms with E-state index in [4.69, 9.17) is 5.73 Å². The third kappa shape index (κ3) is 4.76. The van der Waals surface area contributed by atoms with Gasteiger partial charge in [-0.2, -0.15) is 0 Å². The van der Waals surface area contributed by atoms with E-state index in [2.05, 4.69) is 13.2 Å². The number of rotatable bonds is 8. The fourth-order valence-electron chi connectivity index (χ4n) is 1.30. The highest BCUT2D eigenvalue weighted by molar-refractivity contribution is 5.76. The minimum atomic E-state index is 0.0288. The van der Waals surface area contributed by atoms with Gasteiger partial charge in [-0.05, 0) is 0 Å². The van der Waals surface area contributed by atoms with Gasteiger partial charge in [0.25, 0.3) is 0 Å². The minimum absolute atomic E-state index is 0.0288. The highest BCUT2D eigenvalue weighted by Crippen LogP contribution is 2.01. The maximum Gasteiger partial charge on any atom is 0.238 e. The predicted molar refractivity (Wildman–Crippen MR) is 63.0 cm³/mol. The lowest BCUT2D eigenvalue weighted by atomic mass is 10.4. The first-order valence-corrected chi connectivity index (χ1v) is 5.18. The molecule has 15 heavy (non-hydrogen) atoms. The first-order valence-electron chi connectivity index (χ1n) is 5.18. The van der Waals surface area contributed by atoms with Crippen LogP contribution in [0, 0.1) is 0 Å². The molecule has 0 rings (SSSR count). The minimum Gasteiger partial charge on any atom is -0.330 e. The van der Waals surface area contributed by atoms with Crippen molar-refractivity contribution in [2.75, 3.05) is 26.2 Å². The first kappa shape index (κ1) is 13.9. The van der Waals surface area contributed by atoms with Crippen LogP contribution < -0.4 is 5.73 Å². The molecule has 1 amide bonds. The van der Waals surface area contributed by atoms with Gasteiger partial charge in [-0.25, -0.2) is 5.01 Å². The smallest absolute Gasteiger partial charge is 0.238 e. The van der Waals surface area contributed by atoms with Crippen molar-refractivity contribution in [3.8, 4) is 0 Å². The van der Waals surface area contributed by atoms with Crippen molar-refractivity contribution in [1.29, 1.82) is 0 Å². The first-order chi connectivity index (χ1) is 7.21. The van der Waals surface area contributed by atoms with Gasteiger partial charge < -0.3 is 5.73 Å². The number of nitrogens with two attached hydrogens (primary N) is 1. The van der Waals surface area contributed by atoms with Gasteiger partial charge in [-0.3, -0.25) is 9.80 Å². The van der Waals surface area contributed by atoms with Gasteiger partial charge >= 0.3 is 0 Å². The molecule has 0 unspecified atom stereocenters. The summed E-state index contributed by atoms with van der Waals surface area (Å²) in [6, 6.07) is 0. The average Bonchev–Trinajstić information content (AvgIpc) is 2.23. The van der Waals surface area contributed by atoms with Crippen molar-refractivity contribution in [3.63, 3.8) is 0 Å². The zero-order chi connectivity index (χ0) is 11.7. The van der Waals surface area contributed by atoms with Gasteiger partial charge in [0.15, 0.2) is 0 Å². The van der Waals surface area contributed by atoms with Crippen molar-refractivity contribution in [1.82, 2.24) is 10.0 Å². The molecule has 0 atom stereocenters. The van der Waals surface area contributed by atoms with E-state index in [0.29, 0.717) is 26.1 Å². The Labute approximate surface area is 92.0 Å². The van der Waals surface area contributed by atoms with Crippen molar-refractivity contribution >= 4 is 5.91 Å². The Hall–Kier alpha value is -1.13. The number of carbonyl (C=O) groups excluding carboxylic acids is 1. The molecule has 0 aliphatic carbocycles. The van der Waals surface area contributed by atoms with Gasteiger partial charge in [0.2, 0.25) is 5.91 Å². The molecule has 0 fully saturated rings. The lowest BCUT2D eigenvalue weighted by Crippen LogP contribution is -2.47. The van der Waals surface area contributed by atoms with E-state index >= 15 is 0 Å². The number of amides is 1. The third-order valence-corrected chi connectivity index (χ3v) is 1.99. The Kier molecular flexibility index (Phi) is 7.58. The molecule has 2 N–H and O–H groups in total. The molecule has 4 heteroatoms. The quantitative estimate of drug-likeness (QED) is 0.476. The molecule has 0 aliphatic heterocycles. The standard InChI is InChI=1S/C11H21N3O/c1-4-9-13(6-3)14(10-5-2)11(15)7-8-12/h4-5H,1-2,6-10,12H2,3H3. The molecule has 0 aromatic rings. The molecule has 0 bridgehead atoms. The average molecular weight is 211 g/mol. The number of likely N-dealkylation sites (N-methyl/N-ethyl adjacent to an activating group) is 1. The molecule has 0 aromatic heterocycles. The molecule has 0 heterocycles. The van der Waals surface area contributed by atoms with Crippen LogP contribution in [0.3, 0.4) is 0 Å². The van der Waals surface area contributed by atoms with Crippen molar-refractivity contribution in [3.05, 3.63) is 25.3 Å². The van der Waals surface area contributed by atoms with E-state index < -0.39 is 0 Å². The summed E-state index contributed by atoms with van der Waals surface area (Å²) in [6.07, 6.45) is 3.84. The molecule has 0 aromatic carbocycles. The monoisotopic (exact) mass is 211 g/mol. The van der Waals surface area contributed by atoms with Crippen LogP contribution in [-0.4, -0.2) is 42.1 Å². The maximum atomic E-state index is 11.7. The highest BCUT2D eigenvalue weighted by atomic mass is 16.2. The molecule has 86 valence electrons. The summed E-state index contributed by atoms with van der Waals surface area (Å²) in [5, 5.41) is 3.59. The molecule has 0 aliphatic rings. The van der Waals surface area contributed by atoms with Gasteiger partial charge in [0.1, 0.15) is 0 Å². The SMILES string of the molecule is C=CCN(CC)N(CC=C)C(=O)CCN. The largest absolute Gasteiger partial charge is 0.330 e. The second kappa shape index (κ2) is 8.20. The van der Waals surface area contributed by atoms with Crippen molar-refractivity contribution in [2.24, 2.45) is 5.73 Å². The molecule has 0 saturated heterocycles. The molecular weight excluding hydrogens is 190 g/mol. The fraction of sp³-hybridized carbons (Fsp3) is 0.545. The van der Waals surface area contributed by atoms with Crippen LogP contribution in [0.5, 0.6) is 0 Å². The van der Waals surface area contributed by atoms with Crippen molar-refractivity contribution < 1.29 is 4.79 Å². The van der Waals surface area contributed by atoms with E-state index in [1.165, 1.54) is 0 Å². The van der Waals surface area contributed by atoms with Crippen LogP contribution in [0.2, 0.25) is 0 Å². The summed E-state index contributed by atoms with van der Waals surface area (Å²) < 4.78 is 0. The zero-order valence-electron chi connectivity index (χ0n) is 9.48. The second-order valence-electron chi connectivity index (χ2n) is 3.10. The number of nitrogens with zero attached hydrogens (tertiary/aromatic N) is 2. The van der Waals surface area contributed by atoms with Gasteiger partial charge in [0.05, 0.1) is 6.54 Å². The Morgan fingerprint density at radius 3 is 2.33 bits per heavy atom. The topological polar surface area (TPSA) is 49.6 Å². The Morgan fingerprint density at radius 2 is 1.93 bits per heavy atom. The number of hydrogen-bond acceptors (Lipinski definition) is 3. The summed E-state index contributed by atoms with van der Waals surface area (Å²) in [5.74, 6) is 0.0288. The summed E-state index contributed by atoms with van der Waals surface area (Å²) in [6.45, 7) is 11.6. The van der Waals surface area contributed by atoms with Crippen LogP contribution in [-0.2, 0) is 4.79 Å². The van der Waals surface area contributed by atoms with Gasteiger partial charge in [0, 0.05) is 26.1 Å². The number of carbonyl (C=O) groups is 1. The van der Waals surface area contributed by atoms with Gasteiger partial charge in [-0.15, -0.1) is 13.2 Å². The zero-order valence-corrected chi connectivity index (χ0v) is 9.48. The summed E-state index contributed by atoms with van der Waals surface area (Å²) >= 11 is 0. The molecule has 0 spiro atoms. The maximum absolute atomic E-state index is 11.7. The third-order valence-electron chi connectivity index (χ3n) is 1.99. The van der Waals surface area contributed by atoms with Crippen LogP contribution in [0.4, 0.5) is 0 Å². The van der Waals surface area contributed by atoms with Gasteiger partial charge in [-0.1, -0.05) is 19.1 Å². The number of hydrazine groups is 1. The Balaban J connectivity index is 4.51. The van der Waals surface area contributed by atoms with Crippen LogP contribution in [0.25, 0.3) is 0 Å². The lowest BCUT2D eigenvalue weighted by molar-refractivity contribution is -0.146. The molecule has 0 radical (unpaired) electrons. The second-order valence-corrected chi connectivity index (χ2v) is 3.10. The Bertz CT molecular complexity index is 216. The van der Waals surface area contributed by atoms with Crippen LogP contribution in [0.15, 0.2) is 25.3 Å². The van der Waals surface area contributed by atoms with Crippen molar-refractivity contribution in [2.45, 2.75) is 13.3 Å². The summed E-state index contributed by atoms with van der Waals surface area (Å²) in [5.41, 5.74) is 5.37. The molecular formula is C11H21N3O. The van der Waals surface area contributed by atoms with Crippen LogP contribution >= 0.6 is 0 Å². The lowest BCUT2D eigenvalue weighted by Gasteiger charge is -2.32. The molecule has 0 saturated carbocycles. The summed E-state index contributed by atoms with van der Waals surface area (Å²) in [7, 11) is 0. The Morgan fingerprint density at radius 1 is 1.33 bits per heavy atom. The van der Waals surface area contributed by atoms with E-state index in [1.807, 2.05) is 11.9 Å². The highest BCUT2D eigenvalue weighted by Gasteiger charge is 2.16. The fourth-order valence-corrected chi connectivity index (χ4v) is 1.30. The molecule has 4 nitrogen and oxygen atoms in total. The number of hydrogen-bond donors (Lipinski definition) is 1. The van der Waals surface area contributed by atoms with E-state index in [-0.39, 0.29) is 5.91 Å². The summed E-state index contributed by atoms with van der Waals surface area (Å²) in [4.78, 5) is 11.7. The van der Waals surface area contributed by atoms with E-state index in [1.54, 1.807) is 17.2 Å². The van der Waals surface area contributed by atoms with E-state index in [0.717, 1.165) is 6.54 Å².